The third kappa shape index (κ3) is 4.67. The molecule has 1 aliphatic rings. The highest BCUT2D eigenvalue weighted by Gasteiger charge is 2.32. The molecule has 26 heavy (non-hydrogen) atoms. The fourth-order valence-electron chi connectivity index (χ4n) is 2.26. The van der Waals surface area contributed by atoms with Crippen LogP contribution >= 0.6 is 47.2 Å². The van der Waals surface area contributed by atoms with Crippen molar-refractivity contribution < 1.29 is 14.0 Å². The van der Waals surface area contributed by atoms with Gasteiger partial charge in [0.25, 0.3) is 5.91 Å². The summed E-state index contributed by atoms with van der Waals surface area (Å²) in [5, 5.41) is 3.55. The molecule has 3 rings (SSSR count). The second-order valence-electron chi connectivity index (χ2n) is 5.31. The van der Waals surface area contributed by atoms with Gasteiger partial charge in [-0.05, 0) is 30.3 Å². The molecule has 1 aliphatic heterocycles. The summed E-state index contributed by atoms with van der Waals surface area (Å²) in [7, 11) is 0. The molecule has 9 heteroatoms. The van der Waals surface area contributed by atoms with Crippen LogP contribution in [0.25, 0.3) is 6.08 Å². The Bertz CT molecular complexity index is 877. The van der Waals surface area contributed by atoms with Crippen molar-refractivity contribution in [3.05, 3.63) is 57.3 Å². The van der Waals surface area contributed by atoms with Gasteiger partial charge in [-0.15, -0.1) is 0 Å². The van der Waals surface area contributed by atoms with E-state index in [9.17, 15) is 9.59 Å². The van der Waals surface area contributed by atoms with E-state index in [1.807, 2.05) is 0 Å². The fourth-order valence-corrected chi connectivity index (χ4v) is 4.07. The predicted octanol–water partition coefficient (Wildman–Crippen LogP) is 4.82. The Labute approximate surface area is 169 Å². The Kier molecular flexibility index (Phi) is 6.03. The van der Waals surface area contributed by atoms with E-state index in [0.717, 1.165) is 0 Å². The molecule has 1 aromatic heterocycles. The van der Waals surface area contributed by atoms with Gasteiger partial charge in [0.15, 0.2) is 0 Å². The average Bonchev–Trinajstić information content (AvgIpc) is 3.14. The first kappa shape index (κ1) is 19.0. The van der Waals surface area contributed by atoms with Crippen molar-refractivity contribution in [3.8, 4) is 0 Å². The first-order valence-corrected chi connectivity index (χ1v) is 9.45. The number of benzene rings is 1. The zero-order valence-corrected chi connectivity index (χ0v) is 16.3. The molecule has 0 atom stereocenters. The summed E-state index contributed by atoms with van der Waals surface area (Å²) in [6, 6.07) is 8.24. The van der Waals surface area contributed by atoms with Gasteiger partial charge < -0.3 is 9.73 Å². The number of anilines is 1. The maximum atomic E-state index is 12.4. The van der Waals surface area contributed by atoms with Gasteiger partial charge >= 0.3 is 0 Å². The lowest BCUT2D eigenvalue weighted by molar-refractivity contribution is -0.122. The molecule has 1 aromatic carbocycles. The summed E-state index contributed by atoms with van der Waals surface area (Å²) in [6.45, 7) is 0.181. The zero-order chi connectivity index (χ0) is 18.7. The van der Waals surface area contributed by atoms with Crippen molar-refractivity contribution >= 4 is 75.1 Å². The molecule has 2 heterocycles. The van der Waals surface area contributed by atoms with Crippen molar-refractivity contribution in [2.75, 3.05) is 11.9 Å². The first-order chi connectivity index (χ1) is 12.4. The molecule has 0 saturated carbocycles. The number of nitrogens with one attached hydrogen (secondary N) is 1. The quantitative estimate of drug-likeness (QED) is 0.548. The lowest BCUT2D eigenvalue weighted by atomic mass is 10.3. The molecular weight excluding hydrogens is 415 g/mol. The number of carbonyl (C=O) groups is 2. The average molecular weight is 427 g/mol. The number of halogens is 2. The van der Waals surface area contributed by atoms with Gasteiger partial charge in [0.1, 0.15) is 10.1 Å². The summed E-state index contributed by atoms with van der Waals surface area (Å²) in [5.74, 6) is 0.0588. The number of nitrogens with zero attached hydrogens (tertiary/aromatic N) is 1. The molecular formula is C17H12Cl2N2O3S2. The third-order valence-electron chi connectivity index (χ3n) is 3.40. The molecule has 0 aliphatic carbocycles. The minimum atomic E-state index is -0.271. The Morgan fingerprint density at radius 3 is 2.69 bits per heavy atom. The largest absolute Gasteiger partial charge is 0.465 e. The van der Waals surface area contributed by atoms with Crippen LogP contribution in [0.5, 0.6) is 0 Å². The number of hydrogen-bond acceptors (Lipinski definition) is 5. The molecule has 0 radical (unpaired) electrons. The van der Waals surface area contributed by atoms with Crippen LogP contribution in [0.15, 0.2) is 45.9 Å². The number of hydrogen-bond donors (Lipinski definition) is 1. The van der Waals surface area contributed by atoms with Gasteiger partial charge in [0, 0.05) is 34.8 Å². The standard InChI is InChI=1S/C17H12Cl2N2O3S2/c18-10-6-11(19)8-12(7-10)20-15(22)3-4-21-16(23)14(26-17(21)25)9-13-2-1-5-24-13/h1-2,5-9H,3-4H2,(H,20,22)/b14-9+. The van der Waals surface area contributed by atoms with Crippen LogP contribution in [0.4, 0.5) is 5.69 Å². The summed E-state index contributed by atoms with van der Waals surface area (Å²) < 4.78 is 5.62. The number of rotatable bonds is 5. The molecule has 2 aromatic rings. The Morgan fingerprint density at radius 2 is 2.04 bits per heavy atom. The van der Waals surface area contributed by atoms with Crippen LogP contribution < -0.4 is 5.32 Å². The van der Waals surface area contributed by atoms with E-state index in [4.69, 9.17) is 39.8 Å². The van der Waals surface area contributed by atoms with Crippen molar-refractivity contribution in [1.29, 1.82) is 0 Å². The van der Waals surface area contributed by atoms with Crippen LogP contribution in [-0.2, 0) is 9.59 Å². The van der Waals surface area contributed by atoms with Crippen LogP contribution in [0.3, 0.4) is 0 Å². The van der Waals surface area contributed by atoms with Gasteiger partial charge in [-0.3, -0.25) is 14.5 Å². The van der Waals surface area contributed by atoms with E-state index in [0.29, 0.717) is 30.7 Å². The normalized spacial score (nSPS) is 15.8. The zero-order valence-electron chi connectivity index (χ0n) is 13.2. The number of thiocarbonyl (C=S) groups is 1. The monoisotopic (exact) mass is 426 g/mol. The minimum absolute atomic E-state index is 0.0879. The lowest BCUT2D eigenvalue weighted by Crippen LogP contribution is -2.31. The van der Waals surface area contributed by atoms with E-state index in [1.165, 1.54) is 22.9 Å². The molecule has 5 nitrogen and oxygen atoms in total. The highest BCUT2D eigenvalue weighted by molar-refractivity contribution is 8.26. The van der Waals surface area contributed by atoms with E-state index in [1.54, 1.807) is 36.4 Å². The molecule has 0 bridgehead atoms. The van der Waals surface area contributed by atoms with Crippen LogP contribution in [0.2, 0.25) is 10.0 Å². The Hall–Kier alpha value is -1.80. The smallest absolute Gasteiger partial charge is 0.266 e. The predicted molar refractivity (Wildman–Crippen MR) is 108 cm³/mol. The molecule has 2 amide bonds. The summed E-state index contributed by atoms with van der Waals surface area (Å²) in [4.78, 5) is 26.4. The van der Waals surface area contributed by atoms with Crippen molar-refractivity contribution in [2.24, 2.45) is 0 Å². The molecule has 0 spiro atoms. The Morgan fingerprint density at radius 1 is 1.31 bits per heavy atom. The highest BCUT2D eigenvalue weighted by atomic mass is 35.5. The van der Waals surface area contributed by atoms with E-state index in [2.05, 4.69) is 5.32 Å². The number of thioether (sulfide) groups is 1. The molecule has 1 saturated heterocycles. The second kappa shape index (κ2) is 8.26. The van der Waals surface area contributed by atoms with Gasteiger partial charge in [0.05, 0.1) is 11.2 Å². The highest BCUT2D eigenvalue weighted by Crippen LogP contribution is 2.32. The maximum absolute atomic E-state index is 12.4. The Balaban J connectivity index is 1.59. The van der Waals surface area contributed by atoms with Gasteiger partial charge in [0.2, 0.25) is 5.91 Å². The SMILES string of the molecule is O=C(CCN1C(=O)/C(=C\c2ccco2)SC1=S)Nc1cc(Cl)cc(Cl)c1. The summed E-state index contributed by atoms with van der Waals surface area (Å²) in [6.07, 6.45) is 3.25. The minimum Gasteiger partial charge on any atom is -0.465 e. The van der Waals surface area contributed by atoms with Crippen molar-refractivity contribution in [2.45, 2.75) is 6.42 Å². The van der Waals surface area contributed by atoms with E-state index in [-0.39, 0.29) is 24.8 Å². The molecule has 0 unspecified atom stereocenters. The van der Waals surface area contributed by atoms with Gasteiger partial charge in [-0.25, -0.2) is 0 Å². The van der Waals surface area contributed by atoms with Crippen molar-refractivity contribution in [3.63, 3.8) is 0 Å². The number of furan rings is 1. The van der Waals surface area contributed by atoms with Crippen LogP contribution in [0.1, 0.15) is 12.2 Å². The summed E-state index contributed by atoms with van der Waals surface area (Å²) in [5.41, 5.74) is 0.496. The van der Waals surface area contributed by atoms with Gasteiger partial charge in [-0.1, -0.05) is 47.2 Å². The third-order valence-corrected chi connectivity index (χ3v) is 5.21. The molecule has 1 fully saturated rings. The van der Waals surface area contributed by atoms with Gasteiger partial charge in [-0.2, -0.15) is 0 Å². The fraction of sp³-hybridized carbons (Fsp3) is 0.118. The number of carbonyl (C=O) groups excluding carboxylic acids is 2. The van der Waals surface area contributed by atoms with E-state index >= 15 is 0 Å². The molecule has 1 N–H and O–H groups in total. The van der Waals surface area contributed by atoms with E-state index < -0.39 is 0 Å². The second-order valence-corrected chi connectivity index (χ2v) is 7.85. The first-order valence-electron chi connectivity index (χ1n) is 7.47. The topological polar surface area (TPSA) is 62.6 Å². The maximum Gasteiger partial charge on any atom is 0.266 e. The van der Waals surface area contributed by atoms with Crippen LogP contribution in [0, 0.1) is 0 Å². The summed E-state index contributed by atoms with van der Waals surface area (Å²) >= 11 is 18.2. The molecule has 134 valence electrons. The van der Waals surface area contributed by atoms with Crippen LogP contribution in [-0.4, -0.2) is 27.6 Å². The lowest BCUT2D eigenvalue weighted by Gasteiger charge is -2.14. The van der Waals surface area contributed by atoms with Crippen molar-refractivity contribution in [1.82, 2.24) is 4.90 Å². The number of amides is 2.